The first-order valence-electron chi connectivity index (χ1n) is 10.1. The first-order chi connectivity index (χ1) is 15.3. The van der Waals surface area contributed by atoms with E-state index >= 15 is 0 Å². The quantitative estimate of drug-likeness (QED) is 0.387. The van der Waals surface area contributed by atoms with Crippen LogP contribution in [0.5, 0.6) is 0 Å². The van der Waals surface area contributed by atoms with Gasteiger partial charge in [0, 0.05) is 36.8 Å². The number of amides is 1. The Morgan fingerprint density at radius 1 is 1.25 bits per heavy atom. The Kier molecular flexibility index (Phi) is 7.57. The van der Waals surface area contributed by atoms with Crippen molar-refractivity contribution in [2.75, 3.05) is 37.2 Å². The van der Waals surface area contributed by atoms with Crippen LogP contribution in [0.2, 0.25) is 0 Å². The lowest BCUT2D eigenvalue weighted by Gasteiger charge is -2.14. The summed E-state index contributed by atoms with van der Waals surface area (Å²) >= 11 is 2.68. The van der Waals surface area contributed by atoms with Gasteiger partial charge in [0.25, 0.3) is 0 Å². The fourth-order valence-corrected chi connectivity index (χ4v) is 5.04. The summed E-state index contributed by atoms with van der Waals surface area (Å²) in [5.74, 6) is 0.233. The van der Waals surface area contributed by atoms with Crippen molar-refractivity contribution in [3.05, 3.63) is 40.3 Å². The number of hydrogen-bond acceptors (Lipinski definition) is 8. The zero-order valence-corrected chi connectivity index (χ0v) is 20.7. The smallest absolute Gasteiger partial charge is 0.341 e. The van der Waals surface area contributed by atoms with Crippen LogP contribution in [0.15, 0.2) is 29.4 Å². The first-order valence-corrected chi connectivity index (χ1v) is 11.9. The van der Waals surface area contributed by atoms with Gasteiger partial charge in [0.2, 0.25) is 5.91 Å². The topological polar surface area (TPSA) is 89.3 Å². The number of methoxy groups -OCH3 is 1. The Labute approximate surface area is 196 Å². The summed E-state index contributed by atoms with van der Waals surface area (Å²) in [5, 5.41) is 12.7. The molecule has 0 saturated heterocycles. The van der Waals surface area contributed by atoms with Gasteiger partial charge >= 0.3 is 5.97 Å². The van der Waals surface area contributed by atoms with E-state index in [0.717, 1.165) is 27.5 Å². The minimum absolute atomic E-state index is 0.145. The van der Waals surface area contributed by atoms with Crippen molar-refractivity contribution >= 4 is 45.7 Å². The molecule has 3 aromatic rings. The number of aromatic nitrogens is 3. The maximum atomic E-state index is 12.6. The number of nitrogens with one attached hydrogen (secondary N) is 1. The van der Waals surface area contributed by atoms with Crippen LogP contribution in [0.3, 0.4) is 0 Å². The average molecular weight is 474 g/mol. The van der Waals surface area contributed by atoms with Crippen LogP contribution in [-0.2, 0) is 16.1 Å². The predicted molar refractivity (Wildman–Crippen MR) is 130 cm³/mol. The molecule has 0 saturated carbocycles. The van der Waals surface area contributed by atoms with E-state index in [1.807, 2.05) is 62.5 Å². The van der Waals surface area contributed by atoms with Gasteiger partial charge in [-0.05, 0) is 38.5 Å². The second kappa shape index (κ2) is 10.2. The van der Waals surface area contributed by atoms with Crippen LogP contribution >= 0.6 is 23.1 Å². The van der Waals surface area contributed by atoms with Crippen molar-refractivity contribution in [2.24, 2.45) is 0 Å². The van der Waals surface area contributed by atoms with Crippen LogP contribution < -0.4 is 10.2 Å². The third-order valence-electron chi connectivity index (χ3n) is 5.01. The number of thioether (sulfide) groups is 1. The number of rotatable bonds is 8. The number of nitrogens with zero attached hydrogens (tertiary/aromatic N) is 4. The SMILES string of the molecule is CCn1c(SCC(=O)Nc2sc(C)c(C)c2C(=O)OC)nnc1-c1cccc(N(C)C)c1. The van der Waals surface area contributed by atoms with E-state index in [0.29, 0.717) is 22.3 Å². The van der Waals surface area contributed by atoms with Gasteiger partial charge < -0.3 is 19.5 Å². The second-order valence-electron chi connectivity index (χ2n) is 7.31. The molecule has 0 fully saturated rings. The number of hydrogen-bond donors (Lipinski definition) is 1. The van der Waals surface area contributed by atoms with E-state index in [1.165, 1.54) is 30.2 Å². The molecule has 2 aromatic heterocycles. The molecular weight excluding hydrogens is 446 g/mol. The molecule has 1 aromatic carbocycles. The van der Waals surface area contributed by atoms with Crippen molar-refractivity contribution in [3.8, 4) is 11.4 Å². The molecule has 1 N–H and O–H groups in total. The summed E-state index contributed by atoms with van der Waals surface area (Å²) < 4.78 is 6.86. The minimum atomic E-state index is -0.454. The molecule has 1 amide bonds. The fraction of sp³-hybridized carbons (Fsp3) is 0.364. The fourth-order valence-electron chi connectivity index (χ4n) is 3.17. The summed E-state index contributed by atoms with van der Waals surface area (Å²) in [6.45, 7) is 6.45. The lowest BCUT2D eigenvalue weighted by molar-refractivity contribution is -0.113. The Morgan fingerprint density at radius 3 is 2.66 bits per heavy atom. The molecule has 3 rings (SSSR count). The Hall–Kier alpha value is -2.85. The number of anilines is 2. The third kappa shape index (κ3) is 4.97. The molecule has 0 aliphatic carbocycles. The summed E-state index contributed by atoms with van der Waals surface area (Å²) in [4.78, 5) is 27.7. The van der Waals surface area contributed by atoms with Crippen LogP contribution in [-0.4, -0.2) is 53.6 Å². The summed E-state index contributed by atoms with van der Waals surface area (Å²) in [6.07, 6.45) is 0. The average Bonchev–Trinajstić information content (AvgIpc) is 3.31. The largest absolute Gasteiger partial charge is 0.465 e. The molecular formula is C22H27N5O3S2. The molecule has 0 bridgehead atoms. The number of ether oxygens (including phenoxy) is 1. The van der Waals surface area contributed by atoms with E-state index in [4.69, 9.17) is 4.74 Å². The van der Waals surface area contributed by atoms with Crippen LogP contribution in [0, 0.1) is 13.8 Å². The molecule has 0 radical (unpaired) electrons. The zero-order valence-electron chi connectivity index (χ0n) is 19.1. The van der Waals surface area contributed by atoms with Crippen LogP contribution in [0.4, 0.5) is 10.7 Å². The molecule has 0 atom stereocenters. The van der Waals surface area contributed by atoms with Gasteiger partial charge in [-0.2, -0.15) is 0 Å². The van der Waals surface area contributed by atoms with Gasteiger partial charge in [-0.15, -0.1) is 21.5 Å². The Bertz CT molecular complexity index is 1140. The van der Waals surface area contributed by atoms with Crippen molar-refractivity contribution in [3.63, 3.8) is 0 Å². The maximum absolute atomic E-state index is 12.6. The van der Waals surface area contributed by atoms with Gasteiger partial charge in [0.1, 0.15) is 5.00 Å². The highest BCUT2D eigenvalue weighted by Gasteiger charge is 2.22. The summed E-state index contributed by atoms with van der Waals surface area (Å²) in [6, 6.07) is 8.09. The lowest BCUT2D eigenvalue weighted by Crippen LogP contribution is -2.16. The van der Waals surface area contributed by atoms with E-state index in [1.54, 1.807) is 0 Å². The second-order valence-corrected chi connectivity index (χ2v) is 9.48. The molecule has 0 unspecified atom stereocenters. The maximum Gasteiger partial charge on any atom is 0.341 e. The summed E-state index contributed by atoms with van der Waals surface area (Å²) in [7, 11) is 5.32. The molecule has 10 heteroatoms. The Balaban J connectivity index is 1.75. The highest BCUT2D eigenvalue weighted by Crippen LogP contribution is 2.33. The molecule has 170 valence electrons. The third-order valence-corrected chi connectivity index (χ3v) is 7.10. The molecule has 8 nitrogen and oxygen atoms in total. The van der Waals surface area contributed by atoms with Gasteiger partial charge in [-0.25, -0.2) is 4.79 Å². The number of benzene rings is 1. The van der Waals surface area contributed by atoms with Crippen LogP contribution in [0.1, 0.15) is 27.7 Å². The van der Waals surface area contributed by atoms with Gasteiger partial charge in [-0.3, -0.25) is 4.79 Å². The number of carbonyl (C=O) groups is 2. The Morgan fingerprint density at radius 2 is 2.00 bits per heavy atom. The molecule has 0 aliphatic heterocycles. The molecule has 0 spiro atoms. The van der Waals surface area contributed by atoms with E-state index in [2.05, 4.69) is 21.6 Å². The molecule has 32 heavy (non-hydrogen) atoms. The van der Waals surface area contributed by atoms with Crippen molar-refractivity contribution in [2.45, 2.75) is 32.5 Å². The van der Waals surface area contributed by atoms with Crippen molar-refractivity contribution < 1.29 is 14.3 Å². The number of carbonyl (C=O) groups excluding carboxylic acids is 2. The van der Waals surface area contributed by atoms with Crippen molar-refractivity contribution in [1.29, 1.82) is 0 Å². The summed E-state index contributed by atoms with van der Waals surface area (Å²) in [5.41, 5.74) is 3.27. The van der Waals surface area contributed by atoms with Gasteiger partial charge in [0.05, 0.1) is 18.4 Å². The normalized spacial score (nSPS) is 10.8. The minimum Gasteiger partial charge on any atom is -0.465 e. The van der Waals surface area contributed by atoms with Gasteiger partial charge in [0.15, 0.2) is 11.0 Å². The van der Waals surface area contributed by atoms with E-state index in [-0.39, 0.29) is 11.7 Å². The number of thiophene rings is 1. The first kappa shape index (κ1) is 23.8. The number of esters is 1. The lowest BCUT2D eigenvalue weighted by atomic mass is 10.1. The highest BCUT2D eigenvalue weighted by atomic mass is 32.2. The van der Waals surface area contributed by atoms with Crippen molar-refractivity contribution in [1.82, 2.24) is 14.8 Å². The standard InChI is InChI=1S/C22H27N5O3S2/c1-7-27-19(15-9-8-10-16(11-15)26(4)5)24-25-22(27)31-12-17(28)23-20-18(21(29)30-6)13(2)14(3)32-20/h8-11H,7,12H2,1-6H3,(H,23,28). The predicted octanol–water partition coefficient (Wildman–Crippen LogP) is 4.23. The van der Waals surface area contributed by atoms with E-state index < -0.39 is 5.97 Å². The molecule has 0 aliphatic rings. The van der Waals surface area contributed by atoms with Crippen LogP contribution in [0.25, 0.3) is 11.4 Å². The molecule has 2 heterocycles. The highest BCUT2D eigenvalue weighted by molar-refractivity contribution is 7.99. The number of aryl methyl sites for hydroxylation is 1. The monoisotopic (exact) mass is 473 g/mol. The zero-order chi connectivity index (χ0) is 23.4. The van der Waals surface area contributed by atoms with Gasteiger partial charge in [-0.1, -0.05) is 23.9 Å². The van der Waals surface area contributed by atoms with E-state index in [9.17, 15) is 9.59 Å².